The van der Waals surface area contributed by atoms with Gasteiger partial charge in [-0.1, -0.05) is 30.3 Å². The highest BCUT2D eigenvalue weighted by Crippen LogP contribution is 2.20. The molecule has 0 radical (unpaired) electrons. The van der Waals surface area contributed by atoms with Gasteiger partial charge in [0.05, 0.1) is 12.3 Å². The minimum Gasteiger partial charge on any atom is -0.481 e. The predicted octanol–water partition coefficient (Wildman–Crippen LogP) is 2.23. The SMILES string of the molecule is CC(C)(CCC(=O)O)NC(=O)C1CCCN(C(=O)Cc2ccccc2)C1. The Bertz CT molecular complexity index is 642. The van der Waals surface area contributed by atoms with Crippen molar-refractivity contribution in [2.75, 3.05) is 13.1 Å². The van der Waals surface area contributed by atoms with Crippen LogP contribution in [0.3, 0.4) is 0 Å². The molecule has 1 heterocycles. The molecule has 1 fully saturated rings. The molecule has 6 heteroatoms. The molecular weight excluding hydrogens is 332 g/mol. The topological polar surface area (TPSA) is 86.7 Å². The van der Waals surface area contributed by atoms with Gasteiger partial charge in [0.1, 0.15) is 0 Å². The molecule has 1 aliphatic rings. The summed E-state index contributed by atoms with van der Waals surface area (Å²) in [6.07, 6.45) is 2.28. The number of likely N-dealkylation sites (tertiary alicyclic amines) is 1. The first kappa shape index (κ1) is 19.9. The fraction of sp³-hybridized carbons (Fsp3) is 0.550. The van der Waals surface area contributed by atoms with Crippen LogP contribution in [-0.2, 0) is 20.8 Å². The van der Waals surface area contributed by atoms with Gasteiger partial charge in [0, 0.05) is 25.0 Å². The molecule has 2 rings (SSSR count). The molecule has 26 heavy (non-hydrogen) atoms. The summed E-state index contributed by atoms with van der Waals surface area (Å²) in [5, 5.41) is 11.8. The molecule has 0 saturated carbocycles. The number of carbonyl (C=O) groups is 3. The van der Waals surface area contributed by atoms with Crippen molar-refractivity contribution < 1.29 is 19.5 Å². The fourth-order valence-electron chi connectivity index (χ4n) is 3.22. The summed E-state index contributed by atoms with van der Waals surface area (Å²) in [7, 11) is 0. The van der Waals surface area contributed by atoms with Gasteiger partial charge >= 0.3 is 5.97 Å². The first-order valence-electron chi connectivity index (χ1n) is 9.12. The van der Waals surface area contributed by atoms with Gasteiger partial charge in [-0.15, -0.1) is 0 Å². The van der Waals surface area contributed by atoms with E-state index in [1.165, 1.54) is 0 Å². The van der Waals surface area contributed by atoms with E-state index in [-0.39, 0.29) is 24.2 Å². The zero-order chi connectivity index (χ0) is 19.2. The molecule has 2 amide bonds. The third-order valence-corrected chi connectivity index (χ3v) is 4.77. The van der Waals surface area contributed by atoms with Gasteiger partial charge in [0.25, 0.3) is 0 Å². The Morgan fingerprint density at radius 3 is 2.58 bits per heavy atom. The number of aliphatic carboxylic acids is 1. The number of carboxylic acids is 1. The number of carbonyl (C=O) groups excluding carboxylic acids is 2. The summed E-state index contributed by atoms with van der Waals surface area (Å²) >= 11 is 0. The molecule has 1 aromatic carbocycles. The third kappa shape index (κ3) is 6.17. The maximum atomic E-state index is 12.6. The van der Waals surface area contributed by atoms with Crippen molar-refractivity contribution in [3.63, 3.8) is 0 Å². The summed E-state index contributed by atoms with van der Waals surface area (Å²) in [6.45, 7) is 4.76. The number of rotatable bonds is 7. The van der Waals surface area contributed by atoms with E-state index in [1.54, 1.807) is 4.90 Å². The van der Waals surface area contributed by atoms with Crippen molar-refractivity contribution in [2.45, 2.75) is 51.5 Å². The van der Waals surface area contributed by atoms with Gasteiger partial charge < -0.3 is 15.3 Å². The molecule has 1 unspecified atom stereocenters. The van der Waals surface area contributed by atoms with Gasteiger partial charge in [-0.05, 0) is 38.7 Å². The van der Waals surface area contributed by atoms with E-state index < -0.39 is 11.5 Å². The van der Waals surface area contributed by atoms with Crippen LogP contribution in [0.5, 0.6) is 0 Å². The maximum Gasteiger partial charge on any atom is 0.303 e. The van der Waals surface area contributed by atoms with Gasteiger partial charge in [-0.2, -0.15) is 0 Å². The standard InChI is InChI=1S/C20H28N2O4/c1-20(2,11-10-18(24)25)21-19(26)16-9-6-12-22(14-16)17(23)13-15-7-4-3-5-8-15/h3-5,7-8,16H,6,9-14H2,1-2H3,(H,21,26)(H,24,25). The predicted molar refractivity (Wildman–Crippen MR) is 98.5 cm³/mol. The van der Waals surface area contributed by atoms with E-state index in [2.05, 4.69) is 5.32 Å². The van der Waals surface area contributed by atoms with Crippen LogP contribution >= 0.6 is 0 Å². The Labute approximate surface area is 154 Å². The van der Waals surface area contributed by atoms with Crippen molar-refractivity contribution in [3.8, 4) is 0 Å². The van der Waals surface area contributed by atoms with Gasteiger partial charge in [0.2, 0.25) is 11.8 Å². The van der Waals surface area contributed by atoms with Crippen LogP contribution in [0.4, 0.5) is 0 Å². The molecule has 2 N–H and O–H groups in total. The second-order valence-electron chi connectivity index (χ2n) is 7.61. The molecule has 1 atom stereocenters. The van der Waals surface area contributed by atoms with Crippen LogP contribution in [0, 0.1) is 5.92 Å². The van der Waals surface area contributed by atoms with E-state index in [1.807, 2.05) is 44.2 Å². The van der Waals surface area contributed by atoms with Gasteiger partial charge in [0.15, 0.2) is 0 Å². The van der Waals surface area contributed by atoms with Crippen LogP contribution in [0.25, 0.3) is 0 Å². The second-order valence-corrected chi connectivity index (χ2v) is 7.61. The first-order chi connectivity index (χ1) is 12.3. The number of hydrogen-bond acceptors (Lipinski definition) is 3. The zero-order valence-electron chi connectivity index (χ0n) is 15.5. The van der Waals surface area contributed by atoms with E-state index >= 15 is 0 Å². The lowest BCUT2D eigenvalue weighted by molar-refractivity contribution is -0.139. The van der Waals surface area contributed by atoms with E-state index in [4.69, 9.17) is 5.11 Å². The van der Waals surface area contributed by atoms with Gasteiger partial charge in [-0.25, -0.2) is 0 Å². The van der Waals surface area contributed by atoms with E-state index in [9.17, 15) is 14.4 Å². The molecule has 1 aromatic rings. The summed E-state index contributed by atoms with van der Waals surface area (Å²) in [5.41, 5.74) is 0.394. The molecule has 0 bridgehead atoms. The lowest BCUT2D eigenvalue weighted by atomic mass is 9.93. The lowest BCUT2D eigenvalue weighted by Crippen LogP contribution is -2.51. The highest BCUT2D eigenvalue weighted by molar-refractivity contribution is 5.82. The van der Waals surface area contributed by atoms with Crippen LogP contribution in [0.15, 0.2) is 30.3 Å². The van der Waals surface area contributed by atoms with Crippen LogP contribution in [-0.4, -0.2) is 46.4 Å². The Morgan fingerprint density at radius 1 is 1.23 bits per heavy atom. The van der Waals surface area contributed by atoms with Crippen LogP contribution in [0.2, 0.25) is 0 Å². The number of amides is 2. The molecule has 142 valence electrons. The zero-order valence-corrected chi connectivity index (χ0v) is 15.5. The number of piperidine rings is 1. The van der Waals surface area contributed by atoms with E-state index in [0.29, 0.717) is 25.9 Å². The Balaban J connectivity index is 1.89. The smallest absolute Gasteiger partial charge is 0.303 e. The number of hydrogen-bond donors (Lipinski definition) is 2. The van der Waals surface area contributed by atoms with Crippen molar-refractivity contribution in [2.24, 2.45) is 5.92 Å². The Morgan fingerprint density at radius 2 is 1.92 bits per heavy atom. The molecule has 6 nitrogen and oxygen atoms in total. The molecule has 1 saturated heterocycles. The van der Waals surface area contributed by atoms with Crippen molar-refractivity contribution in [1.82, 2.24) is 10.2 Å². The average molecular weight is 360 g/mol. The van der Waals surface area contributed by atoms with Crippen LogP contribution < -0.4 is 5.32 Å². The summed E-state index contributed by atoms with van der Waals surface area (Å²) < 4.78 is 0. The Hall–Kier alpha value is -2.37. The maximum absolute atomic E-state index is 12.6. The van der Waals surface area contributed by atoms with Gasteiger partial charge in [-0.3, -0.25) is 14.4 Å². The summed E-state index contributed by atoms with van der Waals surface area (Å²) in [5.74, 6) is -1.17. The largest absolute Gasteiger partial charge is 0.481 e. The normalized spacial score (nSPS) is 17.6. The number of carboxylic acid groups (broad SMARTS) is 1. The minimum absolute atomic E-state index is 0.0135. The average Bonchev–Trinajstić information content (AvgIpc) is 2.61. The third-order valence-electron chi connectivity index (χ3n) is 4.77. The molecule has 0 spiro atoms. The van der Waals surface area contributed by atoms with Crippen molar-refractivity contribution in [3.05, 3.63) is 35.9 Å². The van der Waals surface area contributed by atoms with Crippen molar-refractivity contribution >= 4 is 17.8 Å². The number of nitrogens with zero attached hydrogens (tertiary/aromatic N) is 1. The Kier molecular flexibility index (Phi) is 6.77. The summed E-state index contributed by atoms with van der Waals surface area (Å²) in [6, 6.07) is 9.60. The number of nitrogens with one attached hydrogen (secondary N) is 1. The lowest BCUT2D eigenvalue weighted by Gasteiger charge is -2.34. The molecule has 0 aromatic heterocycles. The fourth-order valence-corrected chi connectivity index (χ4v) is 3.22. The summed E-state index contributed by atoms with van der Waals surface area (Å²) in [4.78, 5) is 37.6. The second kappa shape index (κ2) is 8.83. The highest BCUT2D eigenvalue weighted by atomic mass is 16.4. The van der Waals surface area contributed by atoms with Crippen molar-refractivity contribution in [1.29, 1.82) is 0 Å². The van der Waals surface area contributed by atoms with Crippen LogP contribution in [0.1, 0.15) is 45.1 Å². The molecule has 0 aliphatic carbocycles. The molecular formula is C20H28N2O4. The number of benzene rings is 1. The highest BCUT2D eigenvalue weighted by Gasteiger charge is 2.31. The molecule has 1 aliphatic heterocycles. The first-order valence-corrected chi connectivity index (χ1v) is 9.12. The van der Waals surface area contributed by atoms with E-state index in [0.717, 1.165) is 18.4 Å². The monoisotopic (exact) mass is 360 g/mol. The minimum atomic E-state index is -0.873. The quantitative estimate of drug-likeness (QED) is 0.781.